The van der Waals surface area contributed by atoms with Gasteiger partial charge in [-0.25, -0.2) is 9.69 Å². The van der Waals surface area contributed by atoms with Crippen LogP contribution in [0.5, 0.6) is 0 Å². The summed E-state index contributed by atoms with van der Waals surface area (Å²) in [6, 6.07) is 26.1. The molecule has 2 aliphatic heterocycles. The van der Waals surface area contributed by atoms with E-state index in [-0.39, 0.29) is 18.9 Å². The van der Waals surface area contributed by atoms with Gasteiger partial charge in [-0.3, -0.25) is 9.59 Å². The molecule has 0 aromatic heterocycles. The third kappa shape index (κ3) is 3.48. The summed E-state index contributed by atoms with van der Waals surface area (Å²) in [5.74, 6) is -0.564. The second-order valence-electron chi connectivity index (χ2n) is 8.57. The van der Waals surface area contributed by atoms with Crippen molar-refractivity contribution in [3.05, 3.63) is 102 Å². The molecule has 1 fully saturated rings. The minimum atomic E-state index is -1.10. The molecule has 5 rings (SSSR count). The molecule has 2 atom stereocenters. The minimum Gasteiger partial charge on any atom is -0.446 e. The molecule has 0 N–H and O–H groups in total. The third-order valence-electron chi connectivity index (χ3n) is 6.62. The molecule has 0 spiro atoms. The van der Waals surface area contributed by atoms with Gasteiger partial charge in [-0.15, -0.1) is 0 Å². The number of carbonyl (C=O) groups excluding carboxylic acids is 3. The number of anilines is 1. The Balaban J connectivity index is 1.55. The first-order valence-corrected chi connectivity index (χ1v) is 11.0. The number of rotatable bonds is 5. The van der Waals surface area contributed by atoms with Gasteiger partial charge in [0.2, 0.25) is 11.8 Å². The van der Waals surface area contributed by atoms with Crippen LogP contribution in [0.15, 0.2) is 84.9 Å². The fraction of sp³-hybridized carbons (Fsp3) is 0.222. The summed E-state index contributed by atoms with van der Waals surface area (Å²) in [5, 5.41) is 0. The van der Waals surface area contributed by atoms with Crippen LogP contribution in [-0.4, -0.2) is 36.5 Å². The Morgan fingerprint density at radius 2 is 1.58 bits per heavy atom. The molecule has 6 nitrogen and oxygen atoms in total. The molecular formula is C27H24N2O4. The van der Waals surface area contributed by atoms with Crippen molar-refractivity contribution < 1.29 is 19.1 Å². The smallest absolute Gasteiger partial charge is 0.417 e. The Hall–Kier alpha value is -3.93. The first-order chi connectivity index (χ1) is 16.0. The van der Waals surface area contributed by atoms with Crippen molar-refractivity contribution in [3.63, 3.8) is 0 Å². The molecule has 0 radical (unpaired) electrons. The number of imide groups is 1. The molecule has 0 unspecified atom stereocenters. The summed E-state index contributed by atoms with van der Waals surface area (Å²) in [6.07, 6.45) is -0.435. The molecule has 2 heterocycles. The van der Waals surface area contributed by atoms with Gasteiger partial charge in [0, 0.05) is 19.2 Å². The molecule has 0 aliphatic carbocycles. The average molecular weight is 440 g/mol. The normalized spacial score (nSPS) is 21.8. The van der Waals surface area contributed by atoms with Crippen molar-refractivity contribution in [2.24, 2.45) is 0 Å². The van der Waals surface area contributed by atoms with E-state index in [1.54, 1.807) is 11.9 Å². The lowest BCUT2D eigenvalue weighted by Crippen LogP contribution is -2.46. The molecule has 2 aliphatic rings. The van der Waals surface area contributed by atoms with Crippen molar-refractivity contribution in [2.75, 3.05) is 18.6 Å². The summed E-state index contributed by atoms with van der Waals surface area (Å²) >= 11 is 0. The molecule has 3 aromatic rings. The number of ether oxygens (including phenoxy) is 1. The van der Waals surface area contributed by atoms with Gasteiger partial charge in [0.15, 0.2) is 0 Å². The Labute approximate surface area is 192 Å². The molecule has 3 amide bonds. The van der Waals surface area contributed by atoms with Gasteiger partial charge in [-0.05, 0) is 29.2 Å². The number of benzene rings is 3. The van der Waals surface area contributed by atoms with Crippen LogP contribution in [0.4, 0.5) is 10.5 Å². The van der Waals surface area contributed by atoms with Crippen LogP contribution >= 0.6 is 0 Å². The van der Waals surface area contributed by atoms with Crippen molar-refractivity contribution in [2.45, 2.75) is 24.3 Å². The van der Waals surface area contributed by atoms with E-state index < -0.39 is 23.5 Å². The summed E-state index contributed by atoms with van der Waals surface area (Å²) < 4.78 is 5.26. The quantitative estimate of drug-likeness (QED) is 0.595. The predicted molar refractivity (Wildman–Crippen MR) is 124 cm³/mol. The summed E-state index contributed by atoms with van der Waals surface area (Å²) in [4.78, 5) is 42.8. The van der Waals surface area contributed by atoms with E-state index >= 15 is 0 Å². The number of carbonyl (C=O) groups is 3. The number of hydrogen-bond donors (Lipinski definition) is 0. The minimum absolute atomic E-state index is 0.102. The van der Waals surface area contributed by atoms with E-state index in [2.05, 4.69) is 0 Å². The number of cyclic esters (lactones) is 1. The maximum absolute atomic E-state index is 13.7. The van der Waals surface area contributed by atoms with Crippen LogP contribution < -0.4 is 4.90 Å². The van der Waals surface area contributed by atoms with Crippen LogP contribution in [0.3, 0.4) is 0 Å². The fourth-order valence-electron chi connectivity index (χ4n) is 5.03. The first-order valence-electron chi connectivity index (χ1n) is 11.0. The van der Waals surface area contributed by atoms with E-state index in [4.69, 9.17) is 4.74 Å². The Bertz CT molecular complexity index is 1210. The molecule has 0 bridgehead atoms. The monoisotopic (exact) mass is 440 g/mol. The second-order valence-corrected chi connectivity index (χ2v) is 8.57. The van der Waals surface area contributed by atoms with E-state index in [0.29, 0.717) is 6.42 Å². The maximum Gasteiger partial charge on any atom is 0.417 e. The molecular weight excluding hydrogens is 416 g/mol. The molecule has 3 aromatic carbocycles. The lowest BCUT2D eigenvalue weighted by atomic mass is 9.73. The topological polar surface area (TPSA) is 66.9 Å². The van der Waals surface area contributed by atoms with Gasteiger partial charge in [-0.2, -0.15) is 0 Å². The number of para-hydroxylation sites is 1. The summed E-state index contributed by atoms with van der Waals surface area (Å²) in [7, 11) is 1.73. The Morgan fingerprint density at radius 3 is 2.30 bits per heavy atom. The zero-order valence-electron chi connectivity index (χ0n) is 18.3. The standard InChI is InChI=1S/C27H24N2O4/c1-28-22-15-9-8-14-21(22)27(25(28)31,16-19-10-4-2-5-11-19)17-24(30)29-23(18-33-26(29)32)20-12-6-3-7-13-20/h2-15,23H,16-18H2,1H3/t23-,27+/m1/s1. The molecule has 6 heteroatoms. The number of fused-ring (bicyclic) bond motifs is 1. The first kappa shape index (κ1) is 20.9. The number of amides is 3. The van der Waals surface area contributed by atoms with Crippen LogP contribution in [0.25, 0.3) is 0 Å². The number of nitrogens with zero attached hydrogens (tertiary/aromatic N) is 2. The second kappa shape index (κ2) is 8.20. The predicted octanol–water partition coefficient (Wildman–Crippen LogP) is 4.25. The highest BCUT2D eigenvalue weighted by atomic mass is 16.6. The Morgan fingerprint density at radius 1 is 0.939 bits per heavy atom. The SMILES string of the molecule is CN1C(=O)[C@](CC(=O)N2C(=O)OC[C@@H]2c2ccccc2)(Cc2ccccc2)c2ccccc21. The van der Waals surface area contributed by atoms with E-state index in [0.717, 1.165) is 22.4 Å². The van der Waals surface area contributed by atoms with Crippen molar-refractivity contribution in [1.82, 2.24) is 4.90 Å². The highest BCUT2D eigenvalue weighted by Gasteiger charge is 2.53. The highest BCUT2D eigenvalue weighted by Crippen LogP contribution is 2.46. The van der Waals surface area contributed by atoms with Crippen LogP contribution in [0.2, 0.25) is 0 Å². The van der Waals surface area contributed by atoms with E-state index in [1.807, 2.05) is 84.9 Å². The maximum atomic E-state index is 13.7. The zero-order chi connectivity index (χ0) is 23.0. The summed E-state index contributed by atoms with van der Waals surface area (Å²) in [6.45, 7) is 0.102. The van der Waals surface area contributed by atoms with E-state index in [9.17, 15) is 14.4 Å². The average Bonchev–Trinajstić information content (AvgIpc) is 3.33. The van der Waals surface area contributed by atoms with Crippen LogP contribution in [-0.2, 0) is 26.2 Å². The lowest BCUT2D eigenvalue weighted by molar-refractivity contribution is -0.134. The van der Waals surface area contributed by atoms with Crippen molar-refractivity contribution >= 4 is 23.6 Å². The van der Waals surface area contributed by atoms with Crippen molar-refractivity contribution in [3.8, 4) is 0 Å². The zero-order valence-corrected chi connectivity index (χ0v) is 18.3. The largest absolute Gasteiger partial charge is 0.446 e. The third-order valence-corrected chi connectivity index (χ3v) is 6.62. The van der Waals surface area contributed by atoms with Crippen LogP contribution in [0, 0.1) is 0 Å². The van der Waals surface area contributed by atoms with Crippen molar-refractivity contribution in [1.29, 1.82) is 0 Å². The van der Waals surface area contributed by atoms with Gasteiger partial charge in [0.25, 0.3) is 0 Å². The van der Waals surface area contributed by atoms with Gasteiger partial charge in [0.05, 0.1) is 5.41 Å². The van der Waals surface area contributed by atoms with Gasteiger partial charge in [0.1, 0.15) is 12.6 Å². The molecule has 166 valence electrons. The lowest BCUT2D eigenvalue weighted by Gasteiger charge is -2.30. The number of hydrogen-bond acceptors (Lipinski definition) is 4. The van der Waals surface area contributed by atoms with E-state index in [1.165, 1.54) is 4.90 Å². The number of likely N-dealkylation sites (N-methyl/N-ethyl adjacent to an activating group) is 1. The molecule has 1 saturated heterocycles. The fourth-order valence-corrected chi connectivity index (χ4v) is 5.03. The molecule has 0 saturated carbocycles. The van der Waals surface area contributed by atoms with Gasteiger partial charge < -0.3 is 9.64 Å². The highest BCUT2D eigenvalue weighted by molar-refractivity contribution is 6.10. The van der Waals surface area contributed by atoms with Crippen LogP contribution in [0.1, 0.15) is 29.2 Å². The van der Waals surface area contributed by atoms with Gasteiger partial charge in [-0.1, -0.05) is 78.9 Å². The Kier molecular flexibility index (Phi) is 5.21. The van der Waals surface area contributed by atoms with Gasteiger partial charge >= 0.3 is 6.09 Å². The molecule has 33 heavy (non-hydrogen) atoms. The summed E-state index contributed by atoms with van der Waals surface area (Å²) in [5.41, 5.74) is 2.26.